The molecule has 8 heteroatoms. The standard InChI is InChI=1S/C20H17F2N3O3/c1-28-19-16(22)15(21)7-13-17(19)25(12-4-5-12)10-14(18(13)26)20(27)24-9-11-3-2-6-23-8-11/h2-3,6-8,10,12H,4-5,9H2,1H3,(H,24,27). The Morgan fingerprint density at radius 2 is 2.18 bits per heavy atom. The lowest BCUT2D eigenvalue weighted by Gasteiger charge is -2.16. The summed E-state index contributed by atoms with van der Waals surface area (Å²) in [6.07, 6.45) is 6.25. The van der Waals surface area contributed by atoms with Crippen LogP contribution in [0.15, 0.2) is 41.6 Å². The predicted molar refractivity (Wildman–Crippen MR) is 98.4 cm³/mol. The molecule has 0 radical (unpaired) electrons. The second-order valence-electron chi connectivity index (χ2n) is 6.66. The number of pyridine rings is 2. The predicted octanol–water partition coefficient (Wildman–Crippen LogP) is 2.95. The number of benzene rings is 1. The minimum atomic E-state index is -1.20. The number of ether oxygens (including phenoxy) is 1. The summed E-state index contributed by atoms with van der Waals surface area (Å²) >= 11 is 0. The van der Waals surface area contributed by atoms with E-state index in [1.165, 1.54) is 13.3 Å². The van der Waals surface area contributed by atoms with Gasteiger partial charge in [-0.3, -0.25) is 14.6 Å². The summed E-state index contributed by atoms with van der Waals surface area (Å²) in [5, 5.41) is 2.58. The fourth-order valence-electron chi connectivity index (χ4n) is 3.20. The zero-order chi connectivity index (χ0) is 19.8. The molecule has 3 aromatic rings. The molecule has 144 valence electrons. The number of nitrogens with zero attached hydrogens (tertiary/aromatic N) is 2. The number of methoxy groups -OCH3 is 1. The van der Waals surface area contributed by atoms with Crippen molar-refractivity contribution < 1.29 is 18.3 Å². The fourth-order valence-corrected chi connectivity index (χ4v) is 3.20. The second-order valence-corrected chi connectivity index (χ2v) is 6.66. The van der Waals surface area contributed by atoms with Crippen LogP contribution >= 0.6 is 0 Å². The third-order valence-electron chi connectivity index (χ3n) is 4.73. The Morgan fingerprint density at radius 3 is 2.82 bits per heavy atom. The summed E-state index contributed by atoms with van der Waals surface area (Å²) in [4.78, 5) is 29.5. The lowest BCUT2D eigenvalue weighted by Crippen LogP contribution is -2.29. The number of hydrogen-bond donors (Lipinski definition) is 1. The van der Waals surface area contributed by atoms with Crippen LogP contribution in [0.4, 0.5) is 8.78 Å². The highest BCUT2D eigenvalue weighted by atomic mass is 19.2. The van der Waals surface area contributed by atoms with Gasteiger partial charge in [0.15, 0.2) is 11.6 Å². The number of amides is 1. The smallest absolute Gasteiger partial charge is 0.257 e. The molecule has 0 bridgehead atoms. The summed E-state index contributed by atoms with van der Waals surface area (Å²) < 4.78 is 34.9. The lowest BCUT2D eigenvalue weighted by atomic mass is 10.1. The Balaban J connectivity index is 1.81. The molecule has 6 nitrogen and oxygen atoms in total. The molecule has 1 aliphatic rings. The van der Waals surface area contributed by atoms with Gasteiger partial charge in [0.05, 0.1) is 18.0 Å². The van der Waals surface area contributed by atoms with E-state index >= 15 is 0 Å². The number of halogens is 2. The van der Waals surface area contributed by atoms with Gasteiger partial charge in [0, 0.05) is 31.2 Å². The number of hydrogen-bond acceptors (Lipinski definition) is 4. The molecule has 1 aliphatic carbocycles. The van der Waals surface area contributed by atoms with Gasteiger partial charge in [0.25, 0.3) is 5.91 Å². The first-order valence-corrected chi connectivity index (χ1v) is 8.79. The van der Waals surface area contributed by atoms with Crippen molar-refractivity contribution >= 4 is 16.8 Å². The first kappa shape index (κ1) is 18.1. The molecular weight excluding hydrogens is 368 g/mol. The number of aromatic nitrogens is 2. The fraction of sp³-hybridized carbons (Fsp3) is 0.250. The Hall–Kier alpha value is -3.29. The van der Waals surface area contributed by atoms with E-state index in [-0.39, 0.29) is 34.8 Å². The van der Waals surface area contributed by atoms with Crippen LogP contribution in [0.5, 0.6) is 5.75 Å². The number of carbonyl (C=O) groups excluding carboxylic acids is 1. The molecule has 2 aromatic heterocycles. The minimum absolute atomic E-state index is 0.00624. The van der Waals surface area contributed by atoms with E-state index in [0.717, 1.165) is 24.5 Å². The number of rotatable bonds is 5. The van der Waals surface area contributed by atoms with E-state index in [4.69, 9.17) is 4.74 Å². The Morgan fingerprint density at radius 1 is 1.39 bits per heavy atom. The van der Waals surface area contributed by atoms with Crippen molar-refractivity contribution in [1.29, 1.82) is 0 Å². The molecule has 0 unspecified atom stereocenters. The molecule has 1 saturated carbocycles. The summed E-state index contributed by atoms with van der Waals surface area (Å²) in [6, 6.07) is 4.36. The molecule has 2 heterocycles. The van der Waals surface area contributed by atoms with Crippen molar-refractivity contribution in [1.82, 2.24) is 14.9 Å². The summed E-state index contributed by atoms with van der Waals surface area (Å²) in [5.74, 6) is -3.27. The average Bonchev–Trinajstić information content (AvgIpc) is 3.54. The van der Waals surface area contributed by atoms with Crippen LogP contribution in [0, 0.1) is 11.6 Å². The number of carbonyl (C=O) groups is 1. The van der Waals surface area contributed by atoms with Crippen LogP contribution in [0.3, 0.4) is 0 Å². The monoisotopic (exact) mass is 385 g/mol. The first-order valence-electron chi connectivity index (χ1n) is 8.79. The molecular formula is C20H17F2N3O3. The van der Waals surface area contributed by atoms with Crippen LogP contribution in [0.1, 0.15) is 34.8 Å². The highest BCUT2D eigenvalue weighted by molar-refractivity contribution is 5.98. The highest BCUT2D eigenvalue weighted by Crippen LogP contribution is 2.40. The van der Waals surface area contributed by atoms with Crippen LogP contribution in [0.2, 0.25) is 0 Å². The van der Waals surface area contributed by atoms with Crippen LogP contribution in [-0.2, 0) is 6.54 Å². The van der Waals surface area contributed by atoms with E-state index < -0.39 is 23.0 Å². The van der Waals surface area contributed by atoms with E-state index in [9.17, 15) is 18.4 Å². The van der Waals surface area contributed by atoms with E-state index in [1.54, 1.807) is 29.1 Å². The first-order chi connectivity index (χ1) is 13.5. The summed E-state index contributed by atoms with van der Waals surface area (Å²) in [6.45, 7) is 0.189. The molecule has 1 aromatic carbocycles. The van der Waals surface area contributed by atoms with Gasteiger partial charge in [-0.1, -0.05) is 6.07 Å². The van der Waals surface area contributed by atoms with Crippen molar-refractivity contribution in [3.05, 3.63) is 69.8 Å². The molecule has 1 amide bonds. The lowest BCUT2D eigenvalue weighted by molar-refractivity contribution is 0.0949. The normalized spacial score (nSPS) is 13.5. The SMILES string of the molecule is COc1c(F)c(F)cc2c(=O)c(C(=O)NCc3cccnc3)cn(C3CC3)c12. The molecule has 1 N–H and O–H groups in total. The maximum atomic E-state index is 14.2. The van der Waals surface area contributed by atoms with E-state index in [0.29, 0.717) is 0 Å². The highest BCUT2D eigenvalue weighted by Gasteiger charge is 2.30. The molecule has 0 saturated heterocycles. The zero-order valence-electron chi connectivity index (χ0n) is 15.0. The van der Waals surface area contributed by atoms with Crippen LogP contribution < -0.4 is 15.5 Å². The van der Waals surface area contributed by atoms with Gasteiger partial charge in [0.2, 0.25) is 11.2 Å². The second kappa shape index (κ2) is 7.03. The quantitative estimate of drug-likeness (QED) is 0.733. The van der Waals surface area contributed by atoms with Crippen molar-refractivity contribution in [2.45, 2.75) is 25.4 Å². The van der Waals surface area contributed by atoms with Crippen LogP contribution in [0.25, 0.3) is 10.9 Å². The van der Waals surface area contributed by atoms with Crippen molar-refractivity contribution in [2.24, 2.45) is 0 Å². The molecule has 28 heavy (non-hydrogen) atoms. The zero-order valence-corrected chi connectivity index (χ0v) is 15.0. The summed E-state index contributed by atoms with van der Waals surface area (Å²) in [5.41, 5.74) is 0.135. The van der Waals surface area contributed by atoms with Crippen molar-refractivity contribution in [2.75, 3.05) is 7.11 Å². The largest absolute Gasteiger partial charge is 0.491 e. The third-order valence-corrected chi connectivity index (χ3v) is 4.73. The number of nitrogens with one attached hydrogen (secondary N) is 1. The molecule has 1 fully saturated rings. The minimum Gasteiger partial charge on any atom is -0.491 e. The average molecular weight is 385 g/mol. The maximum absolute atomic E-state index is 14.2. The van der Waals surface area contributed by atoms with Crippen LogP contribution in [-0.4, -0.2) is 22.6 Å². The Kier molecular flexibility index (Phi) is 4.54. The summed E-state index contributed by atoms with van der Waals surface area (Å²) in [7, 11) is 1.22. The van der Waals surface area contributed by atoms with Gasteiger partial charge in [-0.25, -0.2) is 4.39 Å². The Labute approximate surface area is 158 Å². The van der Waals surface area contributed by atoms with Gasteiger partial charge in [-0.05, 0) is 30.5 Å². The van der Waals surface area contributed by atoms with Gasteiger partial charge >= 0.3 is 0 Å². The van der Waals surface area contributed by atoms with Gasteiger partial charge < -0.3 is 14.6 Å². The molecule has 4 rings (SSSR count). The molecule has 0 aliphatic heterocycles. The maximum Gasteiger partial charge on any atom is 0.257 e. The van der Waals surface area contributed by atoms with Gasteiger partial charge in [-0.15, -0.1) is 0 Å². The van der Waals surface area contributed by atoms with Crippen molar-refractivity contribution in [3.63, 3.8) is 0 Å². The van der Waals surface area contributed by atoms with E-state index in [2.05, 4.69) is 10.3 Å². The third kappa shape index (κ3) is 3.11. The van der Waals surface area contributed by atoms with Gasteiger partial charge in [0.1, 0.15) is 5.56 Å². The van der Waals surface area contributed by atoms with Gasteiger partial charge in [-0.2, -0.15) is 4.39 Å². The topological polar surface area (TPSA) is 73.2 Å². The molecule has 0 spiro atoms. The number of fused-ring (bicyclic) bond motifs is 1. The Bertz CT molecular complexity index is 1130. The van der Waals surface area contributed by atoms with Crippen molar-refractivity contribution in [3.8, 4) is 5.75 Å². The molecule has 0 atom stereocenters. The van der Waals surface area contributed by atoms with E-state index in [1.807, 2.05) is 0 Å².